The van der Waals surface area contributed by atoms with Crippen LogP contribution < -0.4 is 0 Å². The van der Waals surface area contributed by atoms with Crippen LogP contribution in [-0.4, -0.2) is 5.78 Å². The summed E-state index contributed by atoms with van der Waals surface area (Å²) in [5, 5.41) is 0. The van der Waals surface area contributed by atoms with Crippen molar-refractivity contribution in [1.82, 2.24) is 0 Å². The molecule has 0 aliphatic rings. The van der Waals surface area contributed by atoms with Crippen molar-refractivity contribution < 1.29 is 4.79 Å². The Morgan fingerprint density at radius 3 is 2.47 bits per heavy atom. The minimum absolute atomic E-state index is 0.0930. The summed E-state index contributed by atoms with van der Waals surface area (Å²) in [6.07, 6.45) is 2.00. The molecule has 2 aromatic rings. The lowest BCUT2D eigenvalue weighted by atomic mass is 10.0. The van der Waals surface area contributed by atoms with Crippen molar-refractivity contribution in [1.29, 1.82) is 0 Å². The van der Waals surface area contributed by atoms with Crippen LogP contribution in [0.1, 0.15) is 21.5 Å². The predicted molar refractivity (Wildman–Crippen MR) is 78.0 cm³/mol. The van der Waals surface area contributed by atoms with Crippen LogP contribution in [0.5, 0.6) is 0 Å². The van der Waals surface area contributed by atoms with Gasteiger partial charge in [-0.25, -0.2) is 0 Å². The average Bonchev–Trinajstić information content (AvgIpc) is 2.48. The second-order valence-electron chi connectivity index (χ2n) is 4.08. The van der Waals surface area contributed by atoms with Gasteiger partial charge in [-0.15, -0.1) is 0 Å². The molecule has 2 aromatic carbocycles. The van der Waals surface area contributed by atoms with E-state index in [-0.39, 0.29) is 5.78 Å². The Hall–Kier alpha value is -2.59. The lowest BCUT2D eigenvalue weighted by Gasteiger charge is -1.99. The molecule has 0 heterocycles. The van der Waals surface area contributed by atoms with Gasteiger partial charge in [-0.1, -0.05) is 60.9 Å². The van der Waals surface area contributed by atoms with Gasteiger partial charge in [-0.3, -0.25) is 4.79 Å². The van der Waals surface area contributed by atoms with Crippen molar-refractivity contribution in [3.05, 3.63) is 83.9 Å². The van der Waals surface area contributed by atoms with Crippen molar-refractivity contribution in [2.75, 3.05) is 0 Å². The van der Waals surface area contributed by atoms with E-state index >= 15 is 0 Å². The predicted octanol–water partition coefficient (Wildman–Crippen LogP) is 3.65. The smallest absolute Gasteiger partial charge is 0.186 e. The summed E-state index contributed by atoms with van der Waals surface area (Å²) in [6, 6.07) is 17.4. The van der Waals surface area contributed by atoms with Gasteiger partial charge in [-0.05, 0) is 23.8 Å². The maximum atomic E-state index is 11.7. The van der Waals surface area contributed by atoms with Crippen molar-refractivity contribution in [3.8, 4) is 11.8 Å². The number of benzene rings is 2. The molecule has 0 spiro atoms. The van der Waals surface area contributed by atoms with Gasteiger partial charge < -0.3 is 0 Å². The molecule has 1 nitrogen and oxygen atoms in total. The lowest BCUT2D eigenvalue weighted by Crippen LogP contribution is -1.97. The molecule has 0 aliphatic carbocycles. The van der Waals surface area contributed by atoms with Crippen molar-refractivity contribution >= 4 is 5.78 Å². The van der Waals surface area contributed by atoms with E-state index in [2.05, 4.69) is 18.4 Å². The van der Waals surface area contributed by atoms with E-state index in [1.807, 2.05) is 48.5 Å². The molecular formula is C18H14O. The van der Waals surface area contributed by atoms with Gasteiger partial charge in [0.1, 0.15) is 0 Å². The molecule has 0 N–H and O–H groups in total. The molecular weight excluding hydrogens is 232 g/mol. The minimum atomic E-state index is -0.0930. The molecule has 0 amide bonds. The Kier molecular flexibility index (Phi) is 4.31. The van der Waals surface area contributed by atoms with E-state index in [0.717, 1.165) is 5.56 Å². The number of hydrogen-bond donors (Lipinski definition) is 0. The highest BCUT2D eigenvalue weighted by molar-refractivity contribution is 6.05. The van der Waals surface area contributed by atoms with Gasteiger partial charge in [0.2, 0.25) is 0 Å². The van der Waals surface area contributed by atoms with E-state index in [1.54, 1.807) is 6.07 Å². The molecule has 19 heavy (non-hydrogen) atoms. The minimum Gasteiger partial charge on any atom is -0.289 e. The van der Waals surface area contributed by atoms with E-state index < -0.39 is 0 Å². The second kappa shape index (κ2) is 6.37. The summed E-state index contributed by atoms with van der Waals surface area (Å²) in [5.74, 6) is 6.07. The molecule has 1 heteroatoms. The average molecular weight is 246 g/mol. The standard InChI is InChI=1S/C18H14O/c1-2-18(19)17-14-7-6-12-16(17)13-8-11-15-9-4-3-5-10-15/h2-7,9-10,12,14H,1,11H2. The fourth-order valence-corrected chi connectivity index (χ4v) is 1.75. The normalized spacial score (nSPS) is 9.26. The van der Waals surface area contributed by atoms with Gasteiger partial charge in [0.25, 0.3) is 0 Å². The third-order valence-electron chi connectivity index (χ3n) is 2.74. The van der Waals surface area contributed by atoms with Crippen LogP contribution in [0.4, 0.5) is 0 Å². The number of rotatable bonds is 3. The molecule has 0 atom stereocenters. The Balaban J connectivity index is 2.20. The number of allylic oxidation sites excluding steroid dienone is 1. The van der Waals surface area contributed by atoms with Crippen LogP contribution in [-0.2, 0) is 6.42 Å². The Bertz CT molecular complexity index is 642. The number of carbonyl (C=O) groups is 1. The first-order valence-corrected chi connectivity index (χ1v) is 6.10. The molecule has 0 saturated heterocycles. The SMILES string of the molecule is C=CC(=O)c1ccccc1C#CCc1ccccc1. The molecule has 0 unspecified atom stereocenters. The molecule has 0 aromatic heterocycles. The molecule has 0 aliphatic heterocycles. The third-order valence-corrected chi connectivity index (χ3v) is 2.74. The summed E-state index contributed by atoms with van der Waals surface area (Å²) in [7, 11) is 0. The maximum Gasteiger partial charge on any atom is 0.186 e. The summed E-state index contributed by atoms with van der Waals surface area (Å²) in [4.78, 5) is 11.7. The monoisotopic (exact) mass is 246 g/mol. The van der Waals surface area contributed by atoms with Crippen LogP contribution >= 0.6 is 0 Å². The molecule has 2 rings (SSSR count). The molecule has 0 bridgehead atoms. The summed E-state index contributed by atoms with van der Waals surface area (Å²) in [5.41, 5.74) is 2.53. The van der Waals surface area contributed by atoms with E-state index in [0.29, 0.717) is 12.0 Å². The summed E-state index contributed by atoms with van der Waals surface area (Å²) < 4.78 is 0. The van der Waals surface area contributed by atoms with Crippen molar-refractivity contribution in [3.63, 3.8) is 0 Å². The largest absolute Gasteiger partial charge is 0.289 e. The first-order valence-electron chi connectivity index (χ1n) is 6.10. The number of ketones is 1. The first-order chi connectivity index (χ1) is 9.31. The molecule has 0 saturated carbocycles. The van der Waals surface area contributed by atoms with E-state index in [4.69, 9.17) is 0 Å². The quantitative estimate of drug-likeness (QED) is 0.459. The number of hydrogen-bond acceptors (Lipinski definition) is 1. The van der Waals surface area contributed by atoms with Crippen LogP contribution in [0.15, 0.2) is 67.3 Å². The van der Waals surface area contributed by atoms with Crippen molar-refractivity contribution in [2.24, 2.45) is 0 Å². The van der Waals surface area contributed by atoms with Crippen LogP contribution in [0, 0.1) is 11.8 Å². The zero-order chi connectivity index (χ0) is 13.5. The highest BCUT2D eigenvalue weighted by atomic mass is 16.1. The fraction of sp³-hybridized carbons (Fsp3) is 0.0556. The summed E-state index contributed by atoms with van der Waals surface area (Å²) in [6.45, 7) is 3.51. The summed E-state index contributed by atoms with van der Waals surface area (Å²) >= 11 is 0. The van der Waals surface area contributed by atoms with Gasteiger partial charge in [-0.2, -0.15) is 0 Å². The third kappa shape index (κ3) is 3.43. The van der Waals surface area contributed by atoms with E-state index in [9.17, 15) is 4.79 Å². The molecule has 0 fully saturated rings. The zero-order valence-corrected chi connectivity index (χ0v) is 10.6. The highest BCUT2D eigenvalue weighted by Gasteiger charge is 2.04. The van der Waals surface area contributed by atoms with Gasteiger partial charge in [0.15, 0.2) is 5.78 Å². The van der Waals surface area contributed by atoms with E-state index in [1.165, 1.54) is 11.6 Å². The van der Waals surface area contributed by atoms with Crippen LogP contribution in [0.3, 0.4) is 0 Å². The Labute approximate surface area is 113 Å². The highest BCUT2D eigenvalue weighted by Crippen LogP contribution is 2.09. The maximum absolute atomic E-state index is 11.7. The number of carbonyl (C=O) groups excluding carboxylic acids is 1. The van der Waals surface area contributed by atoms with Crippen LogP contribution in [0.25, 0.3) is 0 Å². The second-order valence-corrected chi connectivity index (χ2v) is 4.08. The van der Waals surface area contributed by atoms with Crippen molar-refractivity contribution in [2.45, 2.75) is 6.42 Å². The Morgan fingerprint density at radius 1 is 1.05 bits per heavy atom. The first kappa shape index (κ1) is 12.9. The fourth-order valence-electron chi connectivity index (χ4n) is 1.75. The zero-order valence-electron chi connectivity index (χ0n) is 10.6. The van der Waals surface area contributed by atoms with Gasteiger partial charge in [0.05, 0.1) is 0 Å². The molecule has 92 valence electrons. The topological polar surface area (TPSA) is 17.1 Å². The van der Waals surface area contributed by atoms with Gasteiger partial charge in [0, 0.05) is 17.5 Å². The van der Waals surface area contributed by atoms with Gasteiger partial charge >= 0.3 is 0 Å². The Morgan fingerprint density at radius 2 is 1.74 bits per heavy atom. The lowest BCUT2D eigenvalue weighted by molar-refractivity contribution is 0.104. The van der Waals surface area contributed by atoms with Crippen LogP contribution in [0.2, 0.25) is 0 Å². The molecule has 0 radical (unpaired) electrons.